The maximum atomic E-state index is 12.7. The number of carbonyl (C=O) groups excluding carboxylic acids is 2. The highest BCUT2D eigenvalue weighted by Gasteiger charge is 2.26. The van der Waals surface area contributed by atoms with Gasteiger partial charge in [-0.15, -0.1) is 0 Å². The van der Waals surface area contributed by atoms with Crippen LogP contribution in [0.3, 0.4) is 0 Å². The molecule has 1 saturated heterocycles. The van der Waals surface area contributed by atoms with E-state index < -0.39 is 11.8 Å². The maximum absolute atomic E-state index is 12.7. The van der Waals surface area contributed by atoms with E-state index in [0.717, 1.165) is 17.7 Å². The number of halogens is 1. The molecule has 2 heterocycles. The normalized spacial score (nSPS) is 14.4. The number of benzene rings is 2. The lowest BCUT2D eigenvalue weighted by Crippen LogP contribution is -2.51. The fourth-order valence-electron chi connectivity index (χ4n) is 3.78. The summed E-state index contributed by atoms with van der Waals surface area (Å²) in [6, 6.07) is 15.0. The molecular formula is C24H25ClN4O3. The summed E-state index contributed by atoms with van der Waals surface area (Å²) in [7, 11) is 0. The van der Waals surface area contributed by atoms with Gasteiger partial charge in [-0.3, -0.25) is 19.5 Å². The molecule has 2 aromatic carbocycles. The van der Waals surface area contributed by atoms with Crippen molar-refractivity contribution in [2.45, 2.75) is 13.5 Å². The van der Waals surface area contributed by atoms with Gasteiger partial charge in [-0.25, -0.2) is 0 Å². The number of carbonyl (C=O) groups is 2. The zero-order valence-electron chi connectivity index (χ0n) is 17.9. The standard InChI is InChI=1S/C24H25ClN4O3/c1-2-32-18-7-5-17(6-8-18)16-28-12-14-29(15-13-28)24(31)23(30)27-21-10-9-20(25)19-4-3-11-26-22(19)21/h3-11H,2,12-16H2,1H3,(H,27,30). The van der Waals surface area contributed by atoms with Crippen LogP contribution in [0.15, 0.2) is 54.7 Å². The highest BCUT2D eigenvalue weighted by atomic mass is 35.5. The Balaban J connectivity index is 1.32. The molecule has 0 atom stereocenters. The van der Waals surface area contributed by atoms with Crippen LogP contribution in [0, 0.1) is 0 Å². The number of hydrogen-bond donors (Lipinski definition) is 1. The van der Waals surface area contributed by atoms with Crippen LogP contribution >= 0.6 is 11.6 Å². The first kappa shape index (κ1) is 22.0. The van der Waals surface area contributed by atoms with Crippen molar-refractivity contribution in [2.24, 2.45) is 0 Å². The number of fused-ring (bicyclic) bond motifs is 1. The molecule has 1 fully saturated rings. The van der Waals surface area contributed by atoms with E-state index in [1.165, 1.54) is 5.56 Å². The number of hydrogen-bond acceptors (Lipinski definition) is 5. The highest BCUT2D eigenvalue weighted by molar-refractivity contribution is 6.40. The van der Waals surface area contributed by atoms with Gasteiger partial charge in [-0.05, 0) is 48.9 Å². The Kier molecular flexibility index (Phi) is 6.87. The third kappa shape index (κ3) is 5.00. The molecule has 3 aromatic rings. The number of ether oxygens (including phenoxy) is 1. The Morgan fingerprint density at radius 1 is 1.06 bits per heavy atom. The van der Waals surface area contributed by atoms with Gasteiger partial charge in [-0.1, -0.05) is 23.7 Å². The fourth-order valence-corrected chi connectivity index (χ4v) is 4.00. The Morgan fingerprint density at radius 3 is 2.53 bits per heavy atom. The fraction of sp³-hybridized carbons (Fsp3) is 0.292. The summed E-state index contributed by atoms with van der Waals surface area (Å²) >= 11 is 6.20. The number of nitrogens with one attached hydrogen (secondary N) is 1. The van der Waals surface area contributed by atoms with Crippen molar-refractivity contribution < 1.29 is 14.3 Å². The number of aromatic nitrogens is 1. The highest BCUT2D eigenvalue weighted by Crippen LogP contribution is 2.28. The van der Waals surface area contributed by atoms with E-state index in [-0.39, 0.29) is 0 Å². The topological polar surface area (TPSA) is 74.8 Å². The number of amides is 2. The summed E-state index contributed by atoms with van der Waals surface area (Å²) in [5, 5.41) is 3.97. The van der Waals surface area contributed by atoms with Crippen LogP contribution in [-0.4, -0.2) is 59.4 Å². The van der Waals surface area contributed by atoms with Gasteiger partial charge in [0.1, 0.15) is 5.75 Å². The summed E-state index contributed by atoms with van der Waals surface area (Å²) in [5.41, 5.74) is 2.21. The Labute approximate surface area is 191 Å². The summed E-state index contributed by atoms with van der Waals surface area (Å²) in [6.45, 7) is 5.82. The largest absolute Gasteiger partial charge is 0.494 e. The van der Waals surface area contributed by atoms with Crippen LogP contribution in [0.25, 0.3) is 10.9 Å². The third-order valence-electron chi connectivity index (χ3n) is 5.46. The van der Waals surface area contributed by atoms with Crippen LogP contribution in [0.1, 0.15) is 12.5 Å². The smallest absolute Gasteiger partial charge is 0.313 e. The van der Waals surface area contributed by atoms with Crippen LogP contribution in [-0.2, 0) is 16.1 Å². The second kappa shape index (κ2) is 9.97. The summed E-state index contributed by atoms with van der Waals surface area (Å²) in [4.78, 5) is 33.5. The minimum Gasteiger partial charge on any atom is -0.494 e. The predicted molar refractivity (Wildman–Crippen MR) is 125 cm³/mol. The summed E-state index contributed by atoms with van der Waals surface area (Å²) in [5.74, 6) is -0.342. The van der Waals surface area contributed by atoms with E-state index in [4.69, 9.17) is 16.3 Å². The predicted octanol–water partition coefficient (Wildman–Crippen LogP) is 3.57. The summed E-state index contributed by atoms with van der Waals surface area (Å²) in [6.07, 6.45) is 1.62. The molecular weight excluding hydrogens is 428 g/mol. The van der Waals surface area contributed by atoms with Crippen LogP contribution in [0.4, 0.5) is 5.69 Å². The lowest BCUT2D eigenvalue weighted by molar-refractivity contribution is -0.144. The van der Waals surface area contributed by atoms with E-state index in [9.17, 15) is 9.59 Å². The Morgan fingerprint density at radius 2 is 1.81 bits per heavy atom. The Hall–Kier alpha value is -3.16. The molecule has 2 amide bonds. The average Bonchev–Trinajstić information content (AvgIpc) is 2.82. The van der Waals surface area contributed by atoms with Gasteiger partial charge in [0.05, 0.1) is 22.8 Å². The molecule has 1 aliphatic rings. The zero-order valence-corrected chi connectivity index (χ0v) is 18.6. The van der Waals surface area contributed by atoms with E-state index in [0.29, 0.717) is 49.0 Å². The second-order valence-corrected chi connectivity index (χ2v) is 8.00. The van der Waals surface area contributed by atoms with Crippen molar-refractivity contribution in [1.82, 2.24) is 14.8 Å². The molecule has 4 rings (SSSR count). The van der Waals surface area contributed by atoms with Crippen molar-refractivity contribution in [3.63, 3.8) is 0 Å². The van der Waals surface area contributed by atoms with Gasteiger partial charge >= 0.3 is 11.8 Å². The van der Waals surface area contributed by atoms with Crippen LogP contribution in [0.2, 0.25) is 5.02 Å². The van der Waals surface area contributed by atoms with Gasteiger partial charge in [0.25, 0.3) is 0 Å². The molecule has 32 heavy (non-hydrogen) atoms. The molecule has 0 bridgehead atoms. The van der Waals surface area contributed by atoms with Gasteiger partial charge in [-0.2, -0.15) is 0 Å². The van der Waals surface area contributed by atoms with Gasteiger partial charge in [0, 0.05) is 44.3 Å². The molecule has 166 valence electrons. The molecule has 8 heteroatoms. The first-order chi connectivity index (χ1) is 15.5. The van der Waals surface area contributed by atoms with E-state index in [1.807, 2.05) is 25.1 Å². The van der Waals surface area contributed by atoms with Crippen molar-refractivity contribution in [3.05, 3.63) is 65.3 Å². The number of piperazine rings is 1. The molecule has 0 spiro atoms. The molecule has 7 nitrogen and oxygen atoms in total. The van der Waals surface area contributed by atoms with Crippen molar-refractivity contribution in [1.29, 1.82) is 0 Å². The molecule has 0 unspecified atom stereocenters. The maximum Gasteiger partial charge on any atom is 0.313 e. The zero-order chi connectivity index (χ0) is 22.5. The molecule has 0 radical (unpaired) electrons. The Bertz CT molecular complexity index is 1110. The van der Waals surface area contributed by atoms with Crippen LogP contribution in [0.5, 0.6) is 5.75 Å². The van der Waals surface area contributed by atoms with Crippen molar-refractivity contribution in [2.75, 3.05) is 38.1 Å². The monoisotopic (exact) mass is 452 g/mol. The molecule has 1 aromatic heterocycles. The average molecular weight is 453 g/mol. The lowest BCUT2D eigenvalue weighted by Gasteiger charge is -2.34. The van der Waals surface area contributed by atoms with Gasteiger partial charge in [0.15, 0.2) is 0 Å². The van der Waals surface area contributed by atoms with Crippen LogP contribution < -0.4 is 10.1 Å². The summed E-state index contributed by atoms with van der Waals surface area (Å²) < 4.78 is 5.48. The van der Waals surface area contributed by atoms with Gasteiger partial charge in [0.2, 0.25) is 0 Å². The minimum atomic E-state index is -0.667. The number of nitrogens with zero attached hydrogens (tertiary/aromatic N) is 3. The van der Waals surface area contributed by atoms with Gasteiger partial charge < -0.3 is 15.0 Å². The minimum absolute atomic E-state index is 0.470. The molecule has 1 N–H and O–H groups in total. The number of anilines is 1. The molecule has 1 aliphatic heterocycles. The first-order valence-corrected chi connectivity index (χ1v) is 11.0. The van der Waals surface area contributed by atoms with E-state index in [2.05, 4.69) is 27.3 Å². The molecule has 0 aliphatic carbocycles. The SMILES string of the molecule is CCOc1ccc(CN2CCN(C(=O)C(=O)Nc3ccc(Cl)c4cccnc34)CC2)cc1. The lowest BCUT2D eigenvalue weighted by atomic mass is 10.2. The number of pyridine rings is 1. The van der Waals surface area contributed by atoms with E-state index >= 15 is 0 Å². The van der Waals surface area contributed by atoms with Crippen molar-refractivity contribution in [3.8, 4) is 5.75 Å². The third-order valence-corrected chi connectivity index (χ3v) is 5.79. The number of rotatable bonds is 5. The van der Waals surface area contributed by atoms with E-state index in [1.54, 1.807) is 29.3 Å². The molecule has 0 saturated carbocycles. The quantitative estimate of drug-likeness (QED) is 0.599. The second-order valence-electron chi connectivity index (χ2n) is 7.59. The van der Waals surface area contributed by atoms with Crippen molar-refractivity contribution >= 4 is 40.0 Å². The first-order valence-electron chi connectivity index (χ1n) is 10.6.